The van der Waals surface area contributed by atoms with Crippen molar-refractivity contribution in [2.75, 3.05) is 22.6 Å². The first kappa shape index (κ1) is 14.5. The van der Waals surface area contributed by atoms with Crippen molar-refractivity contribution in [1.29, 1.82) is 0 Å². The van der Waals surface area contributed by atoms with Crippen molar-refractivity contribution in [3.8, 4) is 5.69 Å². The van der Waals surface area contributed by atoms with E-state index in [2.05, 4.69) is 10.4 Å². The van der Waals surface area contributed by atoms with Gasteiger partial charge in [-0.15, -0.1) is 11.8 Å². The number of hydrogen-bond acceptors (Lipinski definition) is 4. The average Bonchev–Trinajstić information content (AvgIpc) is 2.96. The zero-order chi connectivity index (χ0) is 14.7. The molecule has 110 valence electrons. The van der Waals surface area contributed by atoms with Gasteiger partial charge in [0.05, 0.1) is 17.1 Å². The number of carbonyl (C=O) groups is 1. The third kappa shape index (κ3) is 3.41. The molecular formula is C14H14FN3OS2. The number of amides is 1. The van der Waals surface area contributed by atoms with Crippen LogP contribution in [0.1, 0.15) is 0 Å². The highest BCUT2D eigenvalue weighted by Gasteiger charge is 2.23. The van der Waals surface area contributed by atoms with Gasteiger partial charge in [0.15, 0.2) is 0 Å². The molecule has 1 amide bonds. The molecular weight excluding hydrogens is 309 g/mol. The number of hydrogen-bond donors (Lipinski definition) is 1. The van der Waals surface area contributed by atoms with Crippen LogP contribution in [0.2, 0.25) is 0 Å². The van der Waals surface area contributed by atoms with Crippen LogP contribution in [-0.2, 0) is 4.79 Å². The van der Waals surface area contributed by atoms with E-state index in [1.807, 2.05) is 0 Å². The minimum Gasteiger partial charge on any atom is -0.310 e. The van der Waals surface area contributed by atoms with E-state index in [1.54, 1.807) is 47.9 Å². The number of anilines is 1. The van der Waals surface area contributed by atoms with E-state index in [0.717, 1.165) is 17.3 Å². The van der Waals surface area contributed by atoms with E-state index >= 15 is 0 Å². The van der Waals surface area contributed by atoms with Crippen LogP contribution in [0.15, 0.2) is 36.5 Å². The molecule has 0 radical (unpaired) electrons. The number of thioether (sulfide) groups is 2. The molecule has 1 aliphatic rings. The van der Waals surface area contributed by atoms with E-state index < -0.39 is 0 Å². The lowest BCUT2D eigenvalue weighted by Gasteiger charge is -2.20. The second kappa shape index (κ2) is 6.53. The predicted molar refractivity (Wildman–Crippen MR) is 85.7 cm³/mol. The van der Waals surface area contributed by atoms with Crippen LogP contribution in [0.5, 0.6) is 0 Å². The Balaban J connectivity index is 1.78. The van der Waals surface area contributed by atoms with Crippen molar-refractivity contribution >= 4 is 35.2 Å². The van der Waals surface area contributed by atoms with E-state index in [-0.39, 0.29) is 17.0 Å². The summed E-state index contributed by atoms with van der Waals surface area (Å²) in [5, 5.41) is 6.99. The van der Waals surface area contributed by atoms with Gasteiger partial charge in [-0.3, -0.25) is 4.79 Å². The maximum Gasteiger partial charge on any atom is 0.239 e. The van der Waals surface area contributed by atoms with Crippen LogP contribution < -0.4 is 5.32 Å². The molecule has 0 bridgehead atoms. The SMILES string of the molecule is O=C(Nc1ccnn1-c1cccc(F)c1)[C@H]1CSCCS1. The predicted octanol–water partition coefficient (Wildman–Crippen LogP) is 2.80. The molecule has 0 unspecified atom stereocenters. The molecule has 4 nitrogen and oxygen atoms in total. The average molecular weight is 323 g/mol. The van der Waals surface area contributed by atoms with Gasteiger partial charge in [-0.05, 0) is 18.2 Å². The van der Waals surface area contributed by atoms with Crippen LogP contribution in [0.25, 0.3) is 5.69 Å². The Hall–Kier alpha value is -1.47. The van der Waals surface area contributed by atoms with Crippen LogP contribution in [0, 0.1) is 5.82 Å². The quantitative estimate of drug-likeness (QED) is 0.943. The highest BCUT2D eigenvalue weighted by atomic mass is 32.2. The van der Waals surface area contributed by atoms with E-state index in [9.17, 15) is 9.18 Å². The number of halogens is 1. The molecule has 7 heteroatoms. The topological polar surface area (TPSA) is 46.9 Å². The van der Waals surface area contributed by atoms with Crippen molar-refractivity contribution < 1.29 is 9.18 Å². The Morgan fingerprint density at radius 1 is 1.38 bits per heavy atom. The van der Waals surface area contributed by atoms with Gasteiger partial charge in [0, 0.05) is 23.3 Å². The number of carbonyl (C=O) groups excluding carboxylic acids is 1. The van der Waals surface area contributed by atoms with Gasteiger partial charge in [-0.25, -0.2) is 9.07 Å². The lowest BCUT2D eigenvalue weighted by molar-refractivity contribution is -0.115. The maximum atomic E-state index is 13.3. The van der Waals surface area contributed by atoms with Crippen molar-refractivity contribution in [2.24, 2.45) is 0 Å². The first-order valence-electron chi connectivity index (χ1n) is 6.54. The molecule has 21 heavy (non-hydrogen) atoms. The number of aromatic nitrogens is 2. The molecule has 1 aromatic heterocycles. The standard InChI is InChI=1S/C14H14FN3OS2/c15-10-2-1-3-11(8-10)18-13(4-5-16-18)17-14(19)12-9-20-6-7-21-12/h1-5,8,12H,6-7,9H2,(H,17,19)/t12-/m1/s1. The van der Waals surface area contributed by atoms with Crippen LogP contribution in [0.4, 0.5) is 10.2 Å². The summed E-state index contributed by atoms with van der Waals surface area (Å²) in [7, 11) is 0. The number of nitrogens with one attached hydrogen (secondary N) is 1. The summed E-state index contributed by atoms with van der Waals surface area (Å²) in [6.45, 7) is 0. The lowest BCUT2D eigenvalue weighted by atomic mass is 10.3. The van der Waals surface area contributed by atoms with Crippen LogP contribution in [-0.4, -0.2) is 38.2 Å². The van der Waals surface area contributed by atoms with Gasteiger partial charge in [-0.1, -0.05) is 6.07 Å². The highest BCUT2D eigenvalue weighted by Crippen LogP contribution is 2.25. The van der Waals surface area contributed by atoms with Gasteiger partial charge in [0.2, 0.25) is 5.91 Å². The zero-order valence-electron chi connectivity index (χ0n) is 11.2. The van der Waals surface area contributed by atoms with E-state index in [1.165, 1.54) is 16.8 Å². The van der Waals surface area contributed by atoms with Crippen molar-refractivity contribution in [3.05, 3.63) is 42.3 Å². The summed E-state index contributed by atoms with van der Waals surface area (Å²) in [4.78, 5) is 12.3. The Morgan fingerprint density at radius 3 is 3.05 bits per heavy atom. The molecule has 1 aromatic carbocycles. The summed E-state index contributed by atoms with van der Waals surface area (Å²) in [5.74, 6) is 3.11. The highest BCUT2D eigenvalue weighted by molar-refractivity contribution is 8.07. The monoisotopic (exact) mass is 323 g/mol. The molecule has 1 atom stereocenters. The Labute approximate surface area is 130 Å². The first-order chi connectivity index (χ1) is 10.2. The number of rotatable bonds is 3. The molecule has 1 fully saturated rings. The minimum absolute atomic E-state index is 0.0228. The summed E-state index contributed by atoms with van der Waals surface area (Å²) in [5.41, 5.74) is 0.584. The third-order valence-electron chi connectivity index (χ3n) is 3.06. The van der Waals surface area contributed by atoms with E-state index in [4.69, 9.17) is 0 Å². The summed E-state index contributed by atoms with van der Waals surface area (Å²) in [6.07, 6.45) is 1.59. The molecule has 0 aliphatic carbocycles. The fraction of sp³-hybridized carbons (Fsp3) is 0.286. The molecule has 1 N–H and O–H groups in total. The fourth-order valence-electron chi connectivity index (χ4n) is 2.06. The normalized spacial score (nSPS) is 18.4. The Kier molecular flexibility index (Phi) is 4.50. The van der Waals surface area contributed by atoms with Gasteiger partial charge in [0.1, 0.15) is 11.6 Å². The maximum absolute atomic E-state index is 13.3. The largest absolute Gasteiger partial charge is 0.310 e. The molecule has 2 aromatic rings. The smallest absolute Gasteiger partial charge is 0.239 e. The second-order valence-electron chi connectivity index (χ2n) is 4.53. The second-order valence-corrected chi connectivity index (χ2v) is 6.99. The molecule has 1 saturated heterocycles. The van der Waals surface area contributed by atoms with Crippen molar-refractivity contribution in [3.63, 3.8) is 0 Å². The zero-order valence-corrected chi connectivity index (χ0v) is 12.8. The van der Waals surface area contributed by atoms with Gasteiger partial charge >= 0.3 is 0 Å². The van der Waals surface area contributed by atoms with Crippen LogP contribution in [0.3, 0.4) is 0 Å². The summed E-state index contributed by atoms with van der Waals surface area (Å²) >= 11 is 3.47. The Morgan fingerprint density at radius 2 is 2.29 bits per heavy atom. The third-order valence-corrected chi connectivity index (χ3v) is 5.81. The molecule has 1 aliphatic heterocycles. The first-order valence-corrected chi connectivity index (χ1v) is 8.74. The van der Waals surface area contributed by atoms with E-state index in [0.29, 0.717) is 11.5 Å². The number of benzene rings is 1. The van der Waals surface area contributed by atoms with Gasteiger partial charge in [0.25, 0.3) is 0 Å². The lowest BCUT2D eigenvalue weighted by Crippen LogP contribution is -2.30. The van der Waals surface area contributed by atoms with Crippen molar-refractivity contribution in [1.82, 2.24) is 9.78 Å². The van der Waals surface area contributed by atoms with Crippen molar-refractivity contribution in [2.45, 2.75) is 5.25 Å². The summed E-state index contributed by atoms with van der Waals surface area (Å²) in [6, 6.07) is 7.83. The summed E-state index contributed by atoms with van der Waals surface area (Å²) < 4.78 is 14.8. The fourth-order valence-corrected chi connectivity index (χ4v) is 4.61. The Bertz CT molecular complexity index is 641. The molecule has 0 saturated carbocycles. The van der Waals surface area contributed by atoms with Gasteiger partial charge in [-0.2, -0.15) is 16.9 Å². The number of nitrogens with zero attached hydrogens (tertiary/aromatic N) is 2. The van der Waals surface area contributed by atoms with Crippen LogP contribution >= 0.6 is 23.5 Å². The molecule has 2 heterocycles. The minimum atomic E-state index is -0.334. The molecule has 0 spiro atoms. The van der Waals surface area contributed by atoms with Gasteiger partial charge < -0.3 is 5.32 Å². The molecule has 3 rings (SSSR count).